The molecule has 94 valence electrons. The number of carbonyl (C=O) groups excluding carboxylic acids is 1. The van der Waals surface area contributed by atoms with Gasteiger partial charge in [0, 0.05) is 11.4 Å². The summed E-state index contributed by atoms with van der Waals surface area (Å²) in [7, 11) is -3.36. The monoisotopic (exact) mass is 337 g/mol. The highest BCUT2D eigenvalue weighted by atomic mass is 79.9. The zero-order chi connectivity index (χ0) is 12.6. The fourth-order valence-corrected chi connectivity index (χ4v) is 4.81. The van der Waals surface area contributed by atoms with E-state index in [0.717, 1.165) is 13.0 Å². The summed E-state index contributed by atoms with van der Waals surface area (Å²) in [6, 6.07) is 3.71. The van der Waals surface area contributed by atoms with Gasteiger partial charge in [0.2, 0.25) is 15.9 Å². The van der Waals surface area contributed by atoms with Crippen molar-refractivity contribution >= 4 is 43.2 Å². The second-order valence-electron chi connectivity index (χ2n) is 3.94. The minimum Gasteiger partial charge on any atom is -0.273 e. The molecule has 0 spiro atoms. The van der Waals surface area contributed by atoms with E-state index in [1.807, 2.05) is 12.1 Å². The van der Waals surface area contributed by atoms with Crippen LogP contribution in [0, 0.1) is 0 Å². The molecule has 4 nitrogen and oxygen atoms in total. The third kappa shape index (κ3) is 2.56. The van der Waals surface area contributed by atoms with Gasteiger partial charge < -0.3 is 0 Å². The lowest BCUT2D eigenvalue weighted by Gasteiger charge is -2.18. The van der Waals surface area contributed by atoms with Crippen molar-refractivity contribution in [1.29, 1.82) is 0 Å². The van der Waals surface area contributed by atoms with Crippen LogP contribution in [-0.4, -0.2) is 30.9 Å². The Morgan fingerprint density at radius 2 is 2.24 bits per heavy atom. The maximum absolute atomic E-state index is 12.1. The van der Waals surface area contributed by atoms with E-state index in [0.29, 0.717) is 13.0 Å². The summed E-state index contributed by atoms with van der Waals surface area (Å²) in [5.41, 5.74) is 0. The third-order valence-corrected chi connectivity index (χ3v) is 6.38. The lowest BCUT2D eigenvalue weighted by atomic mass is 10.1. The van der Waals surface area contributed by atoms with Crippen LogP contribution in [0.1, 0.15) is 24.1 Å². The molecule has 2 heterocycles. The van der Waals surface area contributed by atoms with Gasteiger partial charge in [0.1, 0.15) is 0 Å². The Morgan fingerprint density at radius 1 is 1.53 bits per heavy atom. The van der Waals surface area contributed by atoms with E-state index in [9.17, 15) is 13.2 Å². The van der Waals surface area contributed by atoms with Gasteiger partial charge in [0.25, 0.3) is 0 Å². The number of nitrogens with zero attached hydrogens (tertiary/aromatic N) is 1. The van der Waals surface area contributed by atoms with Crippen molar-refractivity contribution in [2.45, 2.75) is 19.3 Å². The van der Waals surface area contributed by atoms with E-state index in [1.165, 1.54) is 11.3 Å². The smallest absolute Gasteiger partial charge is 0.244 e. The summed E-state index contributed by atoms with van der Waals surface area (Å²) in [6.45, 7) is 2.06. The van der Waals surface area contributed by atoms with Crippen molar-refractivity contribution in [3.8, 4) is 0 Å². The van der Waals surface area contributed by atoms with Crippen LogP contribution in [0.4, 0.5) is 0 Å². The first-order valence-electron chi connectivity index (χ1n) is 5.21. The minimum atomic E-state index is -3.36. The highest BCUT2D eigenvalue weighted by Gasteiger charge is 2.35. The first-order valence-corrected chi connectivity index (χ1v) is 8.43. The van der Waals surface area contributed by atoms with Crippen molar-refractivity contribution in [3.05, 3.63) is 20.8 Å². The van der Waals surface area contributed by atoms with Crippen LogP contribution in [-0.2, 0) is 14.8 Å². The lowest BCUT2D eigenvalue weighted by molar-refractivity contribution is -0.127. The molecule has 2 rings (SSSR count). The number of carbonyl (C=O) groups is 1. The highest BCUT2D eigenvalue weighted by Crippen LogP contribution is 2.30. The average Bonchev–Trinajstić information content (AvgIpc) is 2.82. The van der Waals surface area contributed by atoms with Crippen LogP contribution in [0.25, 0.3) is 0 Å². The number of amides is 1. The maximum Gasteiger partial charge on any atom is 0.244 e. The van der Waals surface area contributed by atoms with Crippen LogP contribution in [0.15, 0.2) is 15.9 Å². The quantitative estimate of drug-likeness (QED) is 0.831. The van der Waals surface area contributed by atoms with Gasteiger partial charge in [-0.1, -0.05) is 0 Å². The fraction of sp³-hybridized carbons (Fsp3) is 0.500. The predicted octanol–water partition coefficient (Wildman–Crippen LogP) is 2.18. The van der Waals surface area contributed by atoms with E-state index in [1.54, 1.807) is 6.92 Å². The molecule has 1 aliphatic rings. The van der Waals surface area contributed by atoms with Crippen molar-refractivity contribution in [1.82, 2.24) is 4.31 Å². The average molecular weight is 338 g/mol. The van der Waals surface area contributed by atoms with Gasteiger partial charge in [-0.25, -0.2) is 12.7 Å². The van der Waals surface area contributed by atoms with Crippen LogP contribution in [0.2, 0.25) is 0 Å². The van der Waals surface area contributed by atoms with Gasteiger partial charge in [-0.3, -0.25) is 4.79 Å². The summed E-state index contributed by atoms with van der Waals surface area (Å²) in [5.74, 6) is -0.643. The van der Waals surface area contributed by atoms with Crippen molar-refractivity contribution in [2.75, 3.05) is 12.3 Å². The molecule has 1 fully saturated rings. The van der Waals surface area contributed by atoms with Gasteiger partial charge in [-0.15, -0.1) is 11.3 Å². The number of thiophene rings is 1. The molecule has 7 heteroatoms. The second kappa shape index (κ2) is 4.70. The standard InChI is InChI=1S/C10H12BrNO3S2/c1-7(8-3-4-9(11)16-8)10(13)12-5-2-6-17(12,14)15/h3-4,7H,2,5-6H2,1H3. The normalized spacial score (nSPS) is 20.5. The lowest BCUT2D eigenvalue weighted by Crippen LogP contribution is -2.35. The summed E-state index contributed by atoms with van der Waals surface area (Å²) in [5, 5.41) is 0. The number of hydrogen-bond donors (Lipinski definition) is 0. The zero-order valence-corrected chi connectivity index (χ0v) is 12.4. The fourth-order valence-electron chi connectivity index (χ4n) is 1.79. The number of sulfonamides is 1. The van der Waals surface area contributed by atoms with Crippen LogP contribution < -0.4 is 0 Å². The van der Waals surface area contributed by atoms with Crippen LogP contribution >= 0.6 is 27.3 Å². The molecular formula is C10H12BrNO3S2. The molecule has 0 bridgehead atoms. The maximum atomic E-state index is 12.1. The predicted molar refractivity (Wildman–Crippen MR) is 70.6 cm³/mol. The van der Waals surface area contributed by atoms with Crippen LogP contribution in [0.3, 0.4) is 0 Å². The molecule has 1 atom stereocenters. The summed E-state index contributed by atoms with van der Waals surface area (Å²) in [6.07, 6.45) is 0.537. The van der Waals surface area contributed by atoms with Gasteiger partial charge in [0.15, 0.2) is 0 Å². The molecule has 0 aliphatic carbocycles. The molecule has 1 amide bonds. The topological polar surface area (TPSA) is 54.5 Å². The Balaban J connectivity index is 2.21. The van der Waals surface area contributed by atoms with Gasteiger partial charge in [0.05, 0.1) is 15.5 Å². The Labute approximate surface area is 113 Å². The molecule has 0 radical (unpaired) electrons. The Morgan fingerprint density at radius 3 is 2.71 bits per heavy atom. The SMILES string of the molecule is CC(C(=O)N1CCCS1(=O)=O)c1ccc(Br)s1. The second-order valence-corrected chi connectivity index (χ2v) is 8.45. The Bertz CT molecular complexity index is 538. The molecule has 1 unspecified atom stereocenters. The van der Waals surface area contributed by atoms with Crippen molar-refractivity contribution in [3.63, 3.8) is 0 Å². The first kappa shape index (κ1) is 13.0. The minimum absolute atomic E-state index is 0.0829. The van der Waals surface area contributed by atoms with E-state index < -0.39 is 15.9 Å². The molecule has 1 aliphatic heterocycles. The largest absolute Gasteiger partial charge is 0.273 e. The van der Waals surface area contributed by atoms with Crippen molar-refractivity contribution < 1.29 is 13.2 Å². The van der Waals surface area contributed by atoms with E-state index >= 15 is 0 Å². The van der Waals surface area contributed by atoms with E-state index in [4.69, 9.17) is 0 Å². The molecule has 1 saturated heterocycles. The van der Waals surface area contributed by atoms with Crippen molar-refractivity contribution in [2.24, 2.45) is 0 Å². The van der Waals surface area contributed by atoms with E-state index in [2.05, 4.69) is 15.9 Å². The molecule has 17 heavy (non-hydrogen) atoms. The van der Waals surface area contributed by atoms with Gasteiger partial charge in [-0.2, -0.15) is 0 Å². The summed E-state index contributed by atoms with van der Waals surface area (Å²) in [4.78, 5) is 13.0. The number of halogens is 1. The van der Waals surface area contributed by atoms with Gasteiger partial charge >= 0.3 is 0 Å². The summed E-state index contributed by atoms with van der Waals surface area (Å²) < 4.78 is 25.2. The highest BCUT2D eigenvalue weighted by molar-refractivity contribution is 9.11. The first-order chi connectivity index (χ1) is 7.92. The van der Waals surface area contributed by atoms with Crippen LogP contribution in [0.5, 0.6) is 0 Å². The number of hydrogen-bond acceptors (Lipinski definition) is 4. The van der Waals surface area contributed by atoms with E-state index in [-0.39, 0.29) is 11.7 Å². The molecule has 1 aromatic heterocycles. The molecule has 1 aromatic rings. The Hall–Kier alpha value is -0.400. The third-order valence-electron chi connectivity index (χ3n) is 2.74. The van der Waals surface area contributed by atoms with Gasteiger partial charge in [-0.05, 0) is 41.4 Å². The summed E-state index contributed by atoms with van der Waals surface area (Å²) >= 11 is 4.79. The molecule has 0 N–H and O–H groups in total. The molecular weight excluding hydrogens is 326 g/mol. The molecule has 0 saturated carbocycles. The Kier molecular flexibility index (Phi) is 3.61. The number of rotatable bonds is 2. The zero-order valence-electron chi connectivity index (χ0n) is 9.22. The molecule has 0 aromatic carbocycles.